The Morgan fingerprint density at radius 1 is 0.512 bits per heavy atom. The molecular weight excluding hydrogens is 512 g/mol. The van der Waals surface area contributed by atoms with Gasteiger partial charge >= 0.3 is 0 Å². The summed E-state index contributed by atoms with van der Waals surface area (Å²) < 4.78 is 5.89. The maximum Gasteiger partial charge on any atom is 0.120 e. The van der Waals surface area contributed by atoms with Crippen LogP contribution in [0.4, 0.5) is 34.1 Å². The van der Waals surface area contributed by atoms with E-state index < -0.39 is 0 Å². The fourth-order valence-electron chi connectivity index (χ4n) is 3.83. The topological polar surface area (TPSA) is 104 Å². The molecule has 0 fully saturated rings. The van der Waals surface area contributed by atoms with Crippen LogP contribution in [0.3, 0.4) is 0 Å². The lowest BCUT2D eigenvalue weighted by Gasteiger charge is -2.08. The second-order valence-electron chi connectivity index (χ2n) is 9.33. The van der Waals surface area contributed by atoms with Gasteiger partial charge in [0.15, 0.2) is 0 Å². The van der Waals surface area contributed by atoms with E-state index in [0.29, 0.717) is 35.0 Å². The van der Waals surface area contributed by atoms with E-state index in [1.807, 2.05) is 111 Å². The van der Waals surface area contributed by atoms with Gasteiger partial charge in [0.2, 0.25) is 0 Å². The van der Waals surface area contributed by atoms with Gasteiger partial charge in [-0.3, -0.25) is 0 Å². The minimum Gasteiger partial charge on any atom is -0.508 e. The lowest BCUT2D eigenvalue weighted by molar-refractivity contribution is 0.306. The smallest absolute Gasteiger partial charge is 0.120 e. The van der Waals surface area contributed by atoms with Gasteiger partial charge in [0, 0.05) is 0 Å². The molecule has 0 heterocycles. The summed E-state index contributed by atoms with van der Waals surface area (Å²) in [5.41, 5.74) is 7.23. The molecule has 0 atom stereocenters. The number of aromatic hydroxyl groups is 1. The van der Waals surface area contributed by atoms with Gasteiger partial charge < -0.3 is 9.84 Å². The minimum absolute atomic E-state index is 0.206. The Morgan fingerprint density at radius 3 is 1.46 bits per heavy atom. The van der Waals surface area contributed by atoms with Crippen LogP contribution in [0.15, 0.2) is 146 Å². The van der Waals surface area contributed by atoms with Crippen LogP contribution in [0.5, 0.6) is 11.5 Å². The number of phenols is 1. The fourth-order valence-corrected chi connectivity index (χ4v) is 3.83. The third kappa shape index (κ3) is 7.77. The Morgan fingerprint density at radius 2 is 0.976 bits per heavy atom. The molecule has 0 saturated carbocycles. The van der Waals surface area contributed by atoms with Gasteiger partial charge in [0.25, 0.3) is 0 Å². The molecule has 0 amide bonds. The van der Waals surface area contributed by atoms with Gasteiger partial charge in [-0.05, 0) is 115 Å². The number of hydrogen-bond donors (Lipinski definition) is 1. The first-order valence-electron chi connectivity index (χ1n) is 13.0. The van der Waals surface area contributed by atoms with E-state index in [1.54, 1.807) is 18.2 Å². The van der Waals surface area contributed by atoms with Crippen LogP contribution >= 0.6 is 0 Å². The second kappa shape index (κ2) is 13.0. The Labute approximate surface area is 238 Å². The molecule has 0 aromatic heterocycles. The zero-order chi connectivity index (χ0) is 28.4. The zero-order valence-electron chi connectivity index (χ0n) is 22.7. The third-order valence-corrected chi connectivity index (χ3v) is 6.12. The van der Waals surface area contributed by atoms with Crippen molar-refractivity contribution in [2.45, 2.75) is 20.5 Å². The van der Waals surface area contributed by atoms with Crippen LogP contribution in [0, 0.1) is 13.8 Å². The van der Waals surface area contributed by atoms with Crippen LogP contribution in [0.1, 0.15) is 16.7 Å². The van der Waals surface area contributed by atoms with Gasteiger partial charge in [-0.25, -0.2) is 0 Å². The highest BCUT2D eigenvalue weighted by Crippen LogP contribution is 2.29. The van der Waals surface area contributed by atoms with E-state index in [-0.39, 0.29) is 5.75 Å². The first kappa shape index (κ1) is 27.1. The predicted molar refractivity (Wildman–Crippen MR) is 160 cm³/mol. The Hall–Kier alpha value is -5.50. The highest BCUT2D eigenvalue weighted by Gasteiger charge is 2.02. The van der Waals surface area contributed by atoms with Crippen molar-refractivity contribution in [2.75, 3.05) is 0 Å². The number of phenolic OH excluding ortho intramolecular Hbond substituents is 1. The summed E-state index contributed by atoms with van der Waals surface area (Å²) in [7, 11) is 0. The van der Waals surface area contributed by atoms with Crippen LogP contribution in [-0.4, -0.2) is 5.11 Å². The van der Waals surface area contributed by atoms with Crippen LogP contribution in [-0.2, 0) is 6.61 Å². The number of nitrogens with zero attached hydrogens (tertiary/aromatic N) is 6. The molecule has 5 aromatic carbocycles. The summed E-state index contributed by atoms with van der Waals surface area (Å²) in [5, 5.41) is 35.4. The molecule has 0 radical (unpaired) electrons. The SMILES string of the molecule is Cc1cc(O)ccc1N=Nc1ccc(/N=N/c2ccc(N=Nc3ccc(OCc4ccccc4)cc3C)cc2)cc1. The average Bonchev–Trinajstić information content (AvgIpc) is 3.00. The monoisotopic (exact) mass is 540 g/mol. The summed E-state index contributed by atoms with van der Waals surface area (Å²) in [6, 6.07) is 35.5. The molecule has 0 aliphatic carbocycles. The standard InChI is InChI=1S/C33H28N6O2/c1-23-20-30(40)16-18-32(23)38-36-28-12-8-26(9-13-28)34-35-27-10-14-29(15-11-27)37-39-33-19-17-31(21-24(33)2)41-22-25-6-4-3-5-7-25/h3-21,40H,22H2,1-2H3/b35-34+,38-36?,39-37?. The largest absolute Gasteiger partial charge is 0.508 e. The first-order chi connectivity index (χ1) is 20.0. The maximum atomic E-state index is 9.52. The number of aryl methyl sites for hydroxylation is 2. The van der Waals surface area contributed by atoms with Crippen LogP contribution in [0.2, 0.25) is 0 Å². The van der Waals surface area contributed by atoms with Crippen LogP contribution < -0.4 is 4.74 Å². The van der Waals surface area contributed by atoms with Crippen molar-refractivity contribution in [2.24, 2.45) is 30.7 Å². The van der Waals surface area contributed by atoms with Crippen molar-refractivity contribution in [3.63, 3.8) is 0 Å². The van der Waals surface area contributed by atoms with Gasteiger partial charge in [0.05, 0.1) is 34.1 Å². The Bertz CT molecular complexity index is 1700. The van der Waals surface area contributed by atoms with E-state index in [1.165, 1.54) is 0 Å². The van der Waals surface area contributed by atoms with E-state index in [4.69, 9.17) is 4.74 Å². The quantitative estimate of drug-likeness (QED) is 0.188. The summed E-state index contributed by atoms with van der Waals surface area (Å²) >= 11 is 0. The summed E-state index contributed by atoms with van der Waals surface area (Å²) in [5.74, 6) is 1.00. The summed E-state index contributed by atoms with van der Waals surface area (Å²) in [6.45, 7) is 4.37. The fraction of sp³-hybridized carbons (Fsp3) is 0.0909. The Kier molecular flexibility index (Phi) is 8.61. The molecule has 0 unspecified atom stereocenters. The molecule has 5 rings (SSSR count). The van der Waals surface area contributed by atoms with Crippen molar-refractivity contribution in [3.8, 4) is 11.5 Å². The molecule has 0 saturated heterocycles. The van der Waals surface area contributed by atoms with Crippen molar-refractivity contribution in [3.05, 3.63) is 132 Å². The highest BCUT2D eigenvalue weighted by molar-refractivity contribution is 5.52. The summed E-state index contributed by atoms with van der Waals surface area (Å²) in [6.07, 6.45) is 0. The predicted octanol–water partition coefficient (Wildman–Crippen LogP) is 10.8. The molecule has 0 spiro atoms. The number of hydrogen-bond acceptors (Lipinski definition) is 8. The van der Waals surface area contributed by atoms with E-state index in [0.717, 1.165) is 28.1 Å². The molecule has 0 bridgehead atoms. The van der Waals surface area contributed by atoms with Crippen molar-refractivity contribution in [1.29, 1.82) is 0 Å². The lowest BCUT2D eigenvalue weighted by atomic mass is 10.2. The second-order valence-corrected chi connectivity index (χ2v) is 9.33. The molecule has 41 heavy (non-hydrogen) atoms. The van der Waals surface area contributed by atoms with Crippen molar-refractivity contribution in [1.82, 2.24) is 0 Å². The molecule has 5 aromatic rings. The summed E-state index contributed by atoms with van der Waals surface area (Å²) in [4.78, 5) is 0. The number of azo groups is 3. The van der Waals surface area contributed by atoms with Crippen molar-refractivity contribution < 1.29 is 9.84 Å². The van der Waals surface area contributed by atoms with Gasteiger partial charge in [0.1, 0.15) is 18.1 Å². The van der Waals surface area contributed by atoms with E-state index in [2.05, 4.69) is 30.7 Å². The average molecular weight is 541 g/mol. The van der Waals surface area contributed by atoms with E-state index >= 15 is 0 Å². The molecular formula is C33H28N6O2. The normalized spacial score (nSPS) is 11.6. The zero-order valence-corrected chi connectivity index (χ0v) is 22.7. The molecule has 8 nitrogen and oxygen atoms in total. The molecule has 0 aliphatic heterocycles. The number of ether oxygens (including phenoxy) is 1. The first-order valence-corrected chi connectivity index (χ1v) is 13.0. The van der Waals surface area contributed by atoms with Gasteiger partial charge in [-0.1, -0.05) is 30.3 Å². The van der Waals surface area contributed by atoms with E-state index in [9.17, 15) is 5.11 Å². The molecule has 8 heteroatoms. The molecule has 202 valence electrons. The third-order valence-electron chi connectivity index (χ3n) is 6.12. The lowest BCUT2D eigenvalue weighted by Crippen LogP contribution is -1.95. The minimum atomic E-state index is 0.206. The van der Waals surface area contributed by atoms with Gasteiger partial charge in [-0.15, -0.1) is 0 Å². The molecule has 0 aliphatic rings. The number of rotatable bonds is 9. The Balaban J connectivity index is 1.15. The van der Waals surface area contributed by atoms with Crippen LogP contribution in [0.25, 0.3) is 0 Å². The van der Waals surface area contributed by atoms with Crippen molar-refractivity contribution >= 4 is 34.1 Å². The highest BCUT2D eigenvalue weighted by atomic mass is 16.5. The maximum absolute atomic E-state index is 9.52. The molecule has 1 N–H and O–H groups in total. The van der Waals surface area contributed by atoms with Gasteiger partial charge in [-0.2, -0.15) is 30.7 Å². The number of benzene rings is 5.